The molecule has 5 nitrogen and oxygen atoms in total. The van der Waals surface area contributed by atoms with Gasteiger partial charge in [-0.3, -0.25) is 4.79 Å². The molecule has 1 aromatic heterocycles. The minimum atomic E-state index is -0.886. The zero-order valence-corrected chi connectivity index (χ0v) is 17.4. The number of nitrogens with one attached hydrogen (secondary N) is 1. The van der Waals surface area contributed by atoms with Gasteiger partial charge in [-0.2, -0.15) is 0 Å². The van der Waals surface area contributed by atoms with Crippen LogP contribution in [0.1, 0.15) is 30.0 Å². The number of rotatable bonds is 4. The van der Waals surface area contributed by atoms with Crippen molar-refractivity contribution in [3.63, 3.8) is 0 Å². The Bertz CT molecular complexity index is 974. The quantitative estimate of drug-likeness (QED) is 0.608. The van der Waals surface area contributed by atoms with Gasteiger partial charge in [-0.1, -0.05) is 35.3 Å². The van der Waals surface area contributed by atoms with Gasteiger partial charge in [-0.05, 0) is 45.0 Å². The number of aryl methyl sites for hydroxylation is 1. The fourth-order valence-corrected chi connectivity index (χ4v) is 3.42. The normalized spacial score (nSPS) is 11.3. The summed E-state index contributed by atoms with van der Waals surface area (Å²) in [6.07, 6.45) is 0. The molecule has 1 heterocycles. The number of fused-ring (bicyclic) bond motifs is 1. The summed E-state index contributed by atoms with van der Waals surface area (Å²) in [5.41, 5.74) is 1.36. The molecule has 0 unspecified atom stereocenters. The van der Waals surface area contributed by atoms with Gasteiger partial charge in [0.2, 0.25) is 0 Å². The lowest BCUT2D eigenvalue weighted by Crippen LogP contribution is -2.26. The van der Waals surface area contributed by atoms with Gasteiger partial charge >= 0.3 is 0 Å². The first-order valence-electron chi connectivity index (χ1n) is 8.11. The predicted octanol–water partition coefficient (Wildman–Crippen LogP) is 5.10. The van der Waals surface area contributed by atoms with E-state index >= 15 is 0 Å². The standard InChI is InChI=1S/C19H19Cl2N3O2.ClH/c1-11-22-17-14(8-5-9-15(17)24(11)10-19(2,3)26)23-18(25)16-12(20)6-4-7-13(16)21;/h4-9,26H,10H2,1-3H3,(H,23,25);1H. The van der Waals surface area contributed by atoms with Gasteiger partial charge in [0, 0.05) is 0 Å². The lowest BCUT2D eigenvalue weighted by atomic mass is 10.1. The highest BCUT2D eigenvalue weighted by Crippen LogP contribution is 2.28. The maximum absolute atomic E-state index is 12.7. The van der Waals surface area contributed by atoms with E-state index in [2.05, 4.69) is 10.3 Å². The number of carbonyl (C=O) groups excluding carboxylic acids is 1. The van der Waals surface area contributed by atoms with Crippen LogP contribution < -0.4 is 5.32 Å². The Labute approximate surface area is 173 Å². The molecule has 1 amide bonds. The van der Waals surface area contributed by atoms with Gasteiger partial charge in [-0.15, -0.1) is 12.4 Å². The molecule has 0 saturated heterocycles. The Morgan fingerprint density at radius 1 is 1.19 bits per heavy atom. The highest BCUT2D eigenvalue weighted by molar-refractivity contribution is 6.40. The van der Waals surface area contributed by atoms with Crippen LogP contribution in [0, 0.1) is 6.92 Å². The summed E-state index contributed by atoms with van der Waals surface area (Å²) in [7, 11) is 0. The molecule has 3 rings (SSSR count). The van der Waals surface area contributed by atoms with E-state index in [0.29, 0.717) is 17.7 Å². The third-order valence-electron chi connectivity index (χ3n) is 3.95. The zero-order chi connectivity index (χ0) is 19.1. The van der Waals surface area contributed by atoms with Crippen molar-refractivity contribution in [2.75, 3.05) is 5.32 Å². The lowest BCUT2D eigenvalue weighted by molar-refractivity contribution is 0.0620. The zero-order valence-electron chi connectivity index (χ0n) is 15.1. The first kappa shape index (κ1) is 21.5. The van der Waals surface area contributed by atoms with Crippen LogP contribution in [-0.4, -0.2) is 26.2 Å². The van der Waals surface area contributed by atoms with E-state index in [-0.39, 0.29) is 28.0 Å². The van der Waals surface area contributed by atoms with Gasteiger partial charge in [-0.25, -0.2) is 4.98 Å². The molecule has 0 atom stereocenters. The third-order valence-corrected chi connectivity index (χ3v) is 4.58. The second kappa shape index (κ2) is 8.07. The topological polar surface area (TPSA) is 67.2 Å². The molecule has 0 fully saturated rings. The molecule has 0 saturated carbocycles. The summed E-state index contributed by atoms with van der Waals surface area (Å²) in [5.74, 6) is 0.349. The number of para-hydroxylation sites is 1. The minimum Gasteiger partial charge on any atom is -0.389 e. The first-order chi connectivity index (χ1) is 12.2. The number of aromatic nitrogens is 2. The van der Waals surface area contributed by atoms with Crippen molar-refractivity contribution in [2.45, 2.75) is 32.9 Å². The van der Waals surface area contributed by atoms with E-state index in [1.807, 2.05) is 23.6 Å². The summed E-state index contributed by atoms with van der Waals surface area (Å²) in [5, 5.41) is 13.6. The summed E-state index contributed by atoms with van der Waals surface area (Å²) in [4.78, 5) is 17.2. The molecule has 0 bridgehead atoms. The second-order valence-electron chi connectivity index (χ2n) is 6.78. The average molecular weight is 429 g/mol. The monoisotopic (exact) mass is 427 g/mol. The molecule has 0 aliphatic heterocycles. The summed E-state index contributed by atoms with van der Waals surface area (Å²) >= 11 is 12.2. The summed E-state index contributed by atoms with van der Waals surface area (Å²) in [6.45, 7) is 5.73. The van der Waals surface area contributed by atoms with E-state index in [4.69, 9.17) is 23.2 Å². The molecule has 0 aliphatic rings. The van der Waals surface area contributed by atoms with E-state index in [1.54, 1.807) is 38.1 Å². The van der Waals surface area contributed by atoms with Crippen molar-refractivity contribution >= 4 is 58.2 Å². The van der Waals surface area contributed by atoms with E-state index in [1.165, 1.54) is 0 Å². The SMILES string of the molecule is Cc1nc2c(NC(=O)c3c(Cl)cccc3Cl)cccc2n1CC(C)(C)O.Cl. The Morgan fingerprint density at radius 2 is 1.78 bits per heavy atom. The van der Waals surface area contributed by atoms with Crippen LogP contribution in [0.25, 0.3) is 11.0 Å². The first-order valence-corrected chi connectivity index (χ1v) is 8.86. The van der Waals surface area contributed by atoms with Crippen LogP contribution >= 0.6 is 35.6 Å². The fourth-order valence-electron chi connectivity index (χ4n) is 2.85. The van der Waals surface area contributed by atoms with E-state index < -0.39 is 11.5 Å². The number of aliphatic hydroxyl groups is 1. The third kappa shape index (κ3) is 4.55. The average Bonchev–Trinajstić information content (AvgIpc) is 2.83. The second-order valence-corrected chi connectivity index (χ2v) is 7.60. The Hall–Kier alpha value is -1.79. The van der Waals surface area contributed by atoms with Crippen LogP contribution in [0.15, 0.2) is 36.4 Å². The van der Waals surface area contributed by atoms with Crippen LogP contribution in [0.2, 0.25) is 10.0 Å². The highest BCUT2D eigenvalue weighted by atomic mass is 35.5. The van der Waals surface area contributed by atoms with Gasteiger partial charge in [0.25, 0.3) is 5.91 Å². The number of benzene rings is 2. The molecule has 2 aromatic carbocycles. The summed E-state index contributed by atoms with van der Waals surface area (Å²) in [6, 6.07) is 10.4. The number of nitrogens with zero attached hydrogens (tertiary/aromatic N) is 2. The predicted molar refractivity (Wildman–Crippen MR) is 112 cm³/mol. The number of amides is 1. The van der Waals surface area contributed by atoms with E-state index in [0.717, 1.165) is 11.3 Å². The van der Waals surface area contributed by atoms with Gasteiger partial charge in [0.05, 0.1) is 39.0 Å². The van der Waals surface area contributed by atoms with Crippen LogP contribution in [0.5, 0.6) is 0 Å². The van der Waals surface area contributed by atoms with Crippen LogP contribution in [-0.2, 0) is 6.54 Å². The molecule has 144 valence electrons. The number of anilines is 1. The van der Waals surface area contributed by atoms with Crippen molar-refractivity contribution in [1.82, 2.24) is 9.55 Å². The van der Waals surface area contributed by atoms with Gasteiger partial charge in [0.15, 0.2) is 0 Å². The van der Waals surface area contributed by atoms with Crippen LogP contribution in [0.4, 0.5) is 5.69 Å². The molecule has 0 spiro atoms. The number of imidazole rings is 1. The number of hydrogen-bond donors (Lipinski definition) is 2. The summed E-state index contributed by atoms with van der Waals surface area (Å²) < 4.78 is 1.92. The molecular formula is C19H20Cl3N3O2. The Balaban J connectivity index is 0.00000261. The largest absolute Gasteiger partial charge is 0.389 e. The van der Waals surface area contributed by atoms with Crippen molar-refractivity contribution in [3.8, 4) is 0 Å². The maximum Gasteiger partial charge on any atom is 0.258 e. The molecule has 3 aromatic rings. The molecular weight excluding hydrogens is 409 g/mol. The Kier molecular flexibility index (Phi) is 6.43. The number of hydrogen-bond acceptors (Lipinski definition) is 3. The van der Waals surface area contributed by atoms with Gasteiger partial charge in [0.1, 0.15) is 11.3 Å². The molecule has 8 heteroatoms. The molecule has 0 radical (unpaired) electrons. The highest BCUT2D eigenvalue weighted by Gasteiger charge is 2.20. The fraction of sp³-hybridized carbons (Fsp3) is 0.263. The van der Waals surface area contributed by atoms with Crippen molar-refractivity contribution < 1.29 is 9.90 Å². The number of halogens is 3. The van der Waals surface area contributed by atoms with Crippen LogP contribution in [0.3, 0.4) is 0 Å². The van der Waals surface area contributed by atoms with Gasteiger partial charge < -0.3 is 15.0 Å². The lowest BCUT2D eigenvalue weighted by Gasteiger charge is -2.19. The van der Waals surface area contributed by atoms with Crippen molar-refractivity contribution in [1.29, 1.82) is 0 Å². The van der Waals surface area contributed by atoms with Crippen molar-refractivity contribution in [3.05, 3.63) is 57.8 Å². The number of carbonyl (C=O) groups is 1. The Morgan fingerprint density at radius 3 is 2.37 bits per heavy atom. The molecule has 2 N–H and O–H groups in total. The smallest absolute Gasteiger partial charge is 0.258 e. The molecule has 0 aliphatic carbocycles. The minimum absolute atomic E-state index is 0. The van der Waals surface area contributed by atoms with Crippen molar-refractivity contribution in [2.24, 2.45) is 0 Å². The molecule has 27 heavy (non-hydrogen) atoms. The maximum atomic E-state index is 12.7. The van der Waals surface area contributed by atoms with E-state index in [9.17, 15) is 9.90 Å².